The molecule has 236 valence electrons. The molecular formula is C26H18F13NO3. The first-order valence-corrected chi connectivity index (χ1v) is 11.6. The van der Waals surface area contributed by atoms with Crippen LogP contribution >= 0.6 is 0 Å². The second-order valence-electron chi connectivity index (χ2n) is 8.86. The van der Waals surface area contributed by atoms with Crippen LogP contribution in [0.3, 0.4) is 0 Å². The summed E-state index contributed by atoms with van der Waals surface area (Å²) in [7, 11) is 0. The van der Waals surface area contributed by atoms with E-state index < -0.39 is 59.9 Å². The highest BCUT2D eigenvalue weighted by atomic mass is 19.4. The highest BCUT2D eigenvalue weighted by molar-refractivity contribution is 5.50. The number of aliphatic hydroxyl groups excluding tert-OH is 1. The minimum absolute atomic E-state index is 0.0532. The summed E-state index contributed by atoms with van der Waals surface area (Å²) in [6, 6.07) is 9.98. The lowest BCUT2D eigenvalue weighted by Crippen LogP contribution is -2.50. The number of anilines is 1. The number of hydrogen-bond donors (Lipinski definition) is 1. The fourth-order valence-electron chi connectivity index (χ4n) is 3.38. The monoisotopic (exact) mass is 639 g/mol. The lowest BCUT2D eigenvalue weighted by Gasteiger charge is -2.30. The van der Waals surface area contributed by atoms with Gasteiger partial charge in [0.2, 0.25) is 0 Å². The van der Waals surface area contributed by atoms with Crippen LogP contribution in [0.4, 0.5) is 62.8 Å². The van der Waals surface area contributed by atoms with Crippen LogP contribution in [-0.4, -0.2) is 36.0 Å². The van der Waals surface area contributed by atoms with Crippen LogP contribution in [0.25, 0.3) is 0 Å². The van der Waals surface area contributed by atoms with E-state index in [-0.39, 0.29) is 35.7 Å². The molecule has 0 aliphatic carbocycles. The van der Waals surface area contributed by atoms with E-state index >= 15 is 0 Å². The summed E-state index contributed by atoms with van der Waals surface area (Å²) in [5.41, 5.74) is -2.89. The van der Waals surface area contributed by atoms with Gasteiger partial charge in [-0.05, 0) is 42.0 Å². The number of rotatable bonds is 10. The van der Waals surface area contributed by atoms with E-state index in [4.69, 9.17) is 9.57 Å². The van der Waals surface area contributed by atoms with Gasteiger partial charge in [-0.3, -0.25) is 0 Å². The van der Waals surface area contributed by atoms with E-state index in [2.05, 4.69) is 0 Å². The van der Waals surface area contributed by atoms with Crippen molar-refractivity contribution in [3.63, 3.8) is 0 Å². The molecule has 0 radical (unpaired) electrons. The molecule has 0 aromatic heterocycles. The van der Waals surface area contributed by atoms with Crippen molar-refractivity contribution in [2.45, 2.75) is 43.1 Å². The average molecular weight is 639 g/mol. The summed E-state index contributed by atoms with van der Waals surface area (Å²) < 4.78 is 176. The van der Waals surface area contributed by atoms with Gasteiger partial charge < -0.3 is 14.7 Å². The Kier molecular flexibility index (Phi) is 9.39. The molecule has 43 heavy (non-hydrogen) atoms. The minimum atomic E-state index is -6.66. The summed E-state index contributed by atoms with van der Waals surface area (Å²) in [6.45, 7) is -1.76. The molecule has 0 aliphatic rings. The molecule has 0 fully saturated rings. The van der Waals surface area contributed by atoms with Crippen molar-refractivity contribution in [1.29, 1.82) is 0 Å². The van der Waals surface area contributed by atoms with Crippen molar-refractivity contribution in [1.82, 2.24) is 0 Å². The van der Waals surface area contributed by atoms with Crippen LogP contribution < -0.4 is 14.6 Å². The largest absolute Gasteiger partial charge is 0.489 e. The van der Waals surface area contributed by atoms with Gasteiger partial charge in [-0.2, -0.15) is 57.1 Å². The second kappa shape index (κ2) is 12.0. The summed E-state index contributed by atoms with van der Waals surface area (Å²) in [5, 5.41) is 9.87. The topological polar surface area (TPSA) is 41.9 Å². The number of nitrogens with zero attached hydrogens (tertiary/aromatic N) is 1. The van der Waals surface area contributed by atoms with E-state index in [1.54, 1.807) is 0 Å². The van der Waals surface area contributed by atoms with Gasteiger partial charge in [0.25, 0.3) is 0 Å². The number of hydroxylamine groups is 1. The Balaban J connectivity index is 1.89. The minimum Gasteiger partial charge on any atom is -0.489 e. The summed E-state index contributed by atoms with van der Waals surface area (Å²) in [6.07, 6.45) is -19.6. The molecule has 0 aliphatic heterocycles. The van der Waals surface area contributed by atoms with Gasteiger partial charge >= 0.3 is 30.4 Å². The van der Waals surface area contributed by atoms with Gasteiger partial charge in [-0.1, -0.05) is 30.3 Å². The van der Waals surface area contributed by atoms with Crippen LogP contribution in [-0.2, 0) is 18.7 Å². The first kappa shape index (κ1) is 33.6. The van der Waals surface area contributed by atoms with Crippen LogP contribution in [0.1, 0.15) is 16.7 Å². The third kappa shape index (κ3) is 7.94. The maximum absolute atomic E-state index is 14.2. The van der Waals surface area contributed by atoms with Crippen molar-refractivity contribution in [3.05, 3.63) is 89.5 Å². The Bertz CT molecular complexity index is 1370. The van der Waals surface area contributed by atoms with Crippen molar-refractivity contribution >= 4 is 5.69 Å². The number of aliphatic hydroxyl groups is 1. The first-order valence-electron chi connectivity index (χ1n) is 11.6. The number of hydrogen-bond acceptors (Lipinski definition) is 4. The molecule has 3 rings (SSSR count). The Morgan fingerprint density at radius 1 is 0.674 bits per heavy atom. The Morgan fingerprint density at radius 2 is 1.26 bits per heavy atom. The molecule has 17 heteroatoms. The summed E-state index contributed by atoms with van der Waals surface area (Å²) in [4.78, 5) is 5.12. The molecule has 1 atom stereocenters. The Hall–Kier alpha value is -3.89. The highest BCUT2D eigenvalue weighted by Crippen LogP contribution is 2.52. The number of benzene rings is 3. The zero-order valence-electron chi connectivity index (χ0n) is 21.0. The molecule has 0 spiro atoms. The first-order chi connectivity index (χ1) is 19.6. The number of halogens is 13. The van der Waals surface area contributed by atoms with E-state index in [0.29, 0.717) is 11.1 Å². The van der Waals surface area contributed by atoms with Gasteiger partial charge in [0, 0.05) is 11.6 Å². The molecule has 0 heterocycles. The zero-order valence-corrected chi connectivity index (χ0v) is 21.0. The smallest absolute Gasteiger partial charge is 0.460 e. The molecule has 0 bridgehead atoms. The van der Waals surface area contributed by atoms with Crippen molar-refractivity contribution in [2.75, 3.05) is 11.6 Å². The molecule has 0 unspecified atom stereocenters. The third-order valence-corrected chi connectivity index (χ3v) is 5.67. The maximum atomic E-state index is 14.2. The van der Waals surface area contributed by atoms with Crippen LogP contribution in [0.5, 0.6) is 11.5 Å². The van der Waals surface area contributed by atoms with E-state index in [1.807, 2.05) is 0 Å². The molecule has 0 saturated heterocycles. The van der Waals surface area contributed by atoms with Gasteiger partial charge in [0.1, 0.15) is 12.4 Å². The molecule has 4 nitrogen and oxygen atoms in total. The van der Waals surface area contributed by atoms with E-state index in [1.165, 1.54) is 12.1 Å². The van der Waals surface area contributed by atoms with E-state index in [0.717, 1.165) is 42.5 Å². The molecule has 0 amide bonds. The maximum Gasteiger partial charge on any atom is 0.460 e. The van der Waals surface area contributed by atoms with Gasteiger partial charge in [-0.15, -0.1) is 0 Å². The lowest BCUT2D eigenvalue weighted by molar-refractivity contribution is -0.359. The predicted octanol–water partition coefficient (Wildman–Crippen LogP) is 8.30. The van der Waals surface area contributed by atoms with Crippen molar-refractivity contribution < 1.29 is 71.8 Å². The molecular weight excluding hydrogens is 621 g/mol. The zero-order chi connectivity index (χ0) is 32.4. The molecule has 3 aromatic carbocycles. The second-order valence-corrected chi connectivity index (χ2v) is 8.86. The number of alkyl halides is 13. The Morgan fingerprint density at radius 3 is 1.81 bits per heavy atom. The highest BCUT2D eigenvalue weighted by Gasteiger charge is 2.73. The standard InChI is InChI=1S/C26H18F13NO3/c27-22(28,25(35,36)26(37,38)39)17-3-1-6-20(11-17)43-40(13-21(41)24(32,33)34)18-4-2-5-19(12-18)42-14-15-7-9-16(10-8-15)23(29,30)31/h1-12,21,41H,13-14H2/t21-/m0/s1. The lowest BCUT2D eigenvalue weighted by atomic mass is 10.0. The normalized spacial score (nSPS) is 13.9. The van der Waals surface area contributed by atoms with Crippen LogP contribution in [0, 0.1) is 0 Å². The van der Waals surface area contributed by atoms with Crippen molar-refractivity contribution in [3.8, 4) is 11.5 Å². The fourth-order valence-corrected chi connectivity index (χ4v) is 3.38. The SMILES string of the molecule is O[C@@H](CN(Oc1cccc(C(F)(F)C(F)(F)C(F)(F)F)c1)c1cccc(OCc2ccc(C(F)(F)F)cc2)c1)C(F)(F)F. The van der Waals surface area contributed by atoms with Crippen LogP contribution in [0.15, 0.2) is 72.8 Å². The van der Waals surface area contributed by atoms with Crippen LogP contribution in [0.2, 0.25) is 0 Å². The molecule has 1 N–H and O–H groups in total. The summed E-state index contributed by atoms with van der Waals surface area (Å²) in [5.74, 6) is -13.3. The predicted molar refractivity (Wildman–Crippen MR) is 124 cm³/mol. The van der Waals surface area contributed by atoms with Gasteiger partial charge in [-0.25, -0.2) is 5.06 Å². The van der Waals surface area contributed by atoms with E-state index in [9.17, 15) is 62.2 Å². The van der Waals surface area contributed by atoms with Gasteiger partial charge in [0.15, 0.2) is 11.9 Å². The average Bonchev–Trinajstić information content (AvgIpc) is 2.90. The molecule has 0 saturated carbocycles. The quantitative estimate of drug-likeness (QED) is 0.179. The Labute approximate surface area is 233 Å². The number of ether oxygens (including phenoxy) is 1. The van der Waals surface area contributed by atoms with Gasteiger partial charge in [0.05, 0.1) is 17.8 Å². The van der Waals surface area contributed by atoms with Crippen molar-refractivity contribution in [2.24, 2.45) is 0 Å². The third-order valence-electron chi connectivity index (χ3n) is 5.67. The fraction of sp³-hybridized carbons (Fsp3) is 0.308. The molecule has 3 aromatic rings. The summed E-state index contributed by atoms with van der Waals surface area (Å²) >= 11 is 0.